The van der Waals surface area contributed by atoms with E-state index < -0.39 is 0 Å². The fourth-order valence-electron chi connectivity index (χ4n) is 5.74. The monoisotopic (exact) mass is 443 g/mol. The fourth-order valence-corrected chi connectivity index (χ4v) is 5.74. The van der Waals surface area contributed by atoms with E-state index in [-0.39, 0.29) is 29.9 Å². The van der Waals surface area contributed by atoms with Crippen molar-refractivity contribution in [2.75, 3.05) is 13.7 Å². The molecule has 0 aliphatic carbocycles. The molecule has 0 radical (unpaired) electrons. The zero-order chi connectivity index (χ0) is 22.9. The summed E-state index contributed by atoms with van der Waals surface area (Å²) in [5, 5.41) is 10.7. The van der Waals surface area contributed by atoms with Gasteiger partial charge < -0.3 is 14.6 Å². The van der Waals surface area contributed by atoms with Gasteiger partial charge in [0.1, 0.15) is 11.5 Å². The summed E-state index contributed by atoms with van der Waals surface area (Å²) >= 11 is 0. The molecule has 2 aliphatic rings. The Labute approximate surface area is 194 Å². The van der Waals surface area contributed by atoms with E-state index in [1.807, 2.05) is 43.3 Å². The number of carbonyl (C=O) groups excluding carboxylic acids is 1. The average Bonchev–Trinajstić information content (AvgIpc) is 3.05. The largest absolute Gasteiger partial charge is 0.508 e. The highest BCUT2D eigenvalue weighted by Gasteiger charge is 2.56. The van der Waals surface area contributed by atoms with E-state index in [2.05, 4.69) is 35.2 Å². The molecule has 5 nitrogen and oxygen atoms in total. The molecule has 1 N–H and O–H groups in total. The molecular formula is C28H29NO4. The number of ether oxygens (including phenoxy) is 2. The number of carbonyl (C=O) groups is 1. The van der Waals surface area contributed by atoms with Gasteiger partial charge in [0, 0.05) is 30.1 Å². The number of hydrogen-bond donors (Lipinski definition) is 1. The van der Waals surface area contributed by atoms with Crippen molar-refractivity contribution in [1.29, 1.82) is 0 Å². The zero-order valence-electron chi connectivity index (χ0n) is 19.0. The summed E-state index contributed by atoms with van der Waals surface area (Å²) < 4.78 is 10.9. The van der Waals surface area contributed by atoms with Crippen molar-refractivity contribution >= 4 is 5.97 Å². The smallest absolute Gasteiger partial charge is 0.311 e. The summed E-state index contributed by atoms with van der Waals surface area (Å²) in [6.07, 6.45) is 0.613. The fraction of sp³-hybridized carbons (Fsp3) is 0.321. The van der Waals surface area contributed by atoms with Crippen molar-refractivity contribution in [3.05, 3.63) is 95.1 Å². The Balaban J connectivity index is 1.63. The van der Waals surface area contributed by atoms with Crippen molar-refractivity contribution < 1.29 is 19.4 Å². The highest BCUT2D eigenvalue weighted by molar-refractivity contribution is 5.76. The molecule has 5 rings (SSSR count). The van der Waals surface area contributed by atoms with Crippen molar-refractivity contribution in [3.63, 3.8) is 0 Å². The molecule has 3 aromatic rings. The van der Waals surface area contributed by atoms with Crippen LogP contribution in [-0.2, 0) is 22.5 Å². The van der Waals surface area contributed by atoms with E-state index in [0.717, 1.165) is 28.0 Å². The maximum atomic E-state index is 13.4. The van der Waals surface area contributed by atoms with Crippen LogP contribution in [0.3, 0.4) is 0 Å². The van der Waals surface area contributed by atoms with Gasteiger partial charge in [-0.05, 0) is 48.2 Å². The van der Waals surface area contributed by atoms with Gasteiger partial charge in [-0.1, -0.05) is 54.6 Å². The molecule has 1 fully saturated rings. The van der Waals surface area contributed by atoms with Gasteiger partial charge in [-0.25, -0.2) is 0 Å². The maximum Gasteiger partial charge on any atom is 0.311 e. The molecule has 2 heterocycles. The number of benzene rings is 3. The highest BCUT2D eigenvalue weighted by Crippen LogP contribution is 2.57. The summed E-state index contributed by atoms with van der Waals surface area (Å²) in [5.74, 6) is 0.593. The number of methoxy groups -OCH3 is 1. The zero-order valence-corrected chi connectivity index (χ0v) is 19.0. The van der Waals surface area contributed by atoms with Gasteiger partial charge in [-0.3, -0.25) is 9.69 Å². The predicted molar refractivity (Wildman–Crippen MR) is 126 cm³/mol. The first-order valence-corrected chi connectivity index (χ1v) is 11.5. The lowest BCUT2D eigenvalue weighted by atomic mass is 9.81. The van der Waals surface area contributed by atoms with E-state index in [4.69, 9.17) is 9.47 Å². The first kappa shape index (κ1) is 21.5. The minimum atomic E-state index is -0.317. The van der Waals surface area contributed by atoms with Gasteiger partial charge in [0.15, 0.2) is 0 Å². The number of hydrogen-bond acceptors (Lipinski definition) is 5. The molecule has 2 bridgehead atoms. The van der Waals surface area contributed by atoms with Crippen LogP contribution in [-0.4, -0.2) is 35.7 Å². The summed E-state index contributed by atoms with van der Waals surface area (Å²) in [6, 6.07) is 24.0. The number of phenolic OH excluding ortho intramolecular Hbond substituents is 1. The Bertz CT molecular complexity index is 1130. The Morgan fingerprint density at radius 3 is 2.48 bits per heavy atom. The van der Waals surface area contributed by atoms with E-state index in [1.54, 1.807) is 13.2 Å². The van der Waals surface area contributed by atoms with Crippen LogP contribution in [0, 0.1) is 5.92 Å². The summed E-state index contributed by atoms with van der Waals surface area (Å²) in [6.45, 7) is 2.91. The molecule has 0 saturated carbocycles. The lowest BCUT2D eigenvalue weighted by Crippen LogP contribution is -2.41. The standard InChI is InChI=1S/C28H29NO4/c1-3-33-28(31)26-23-16-22-21(10-7-11-24(22)30)27(25(26)19-8-5-4-6-9-19)29(23)17-18-12-14-20(32-2)15-13-18/h4-15,23,25-27,30H,3,16-17H2,1-2H3. The van der Waals surface area contributed by atoms with Gasteiger partial charge in [0.2, 0.25) is 0 Å². The number of fused-ring (bicyclic) bond motifs is 4. The molecular weight excluding hydrogens is 414 g/mol. The Kier molecular flexibility index (Phi) is 5.81. The summed E-state index contributed by atoms with van der Waals surface area (Å²) in [4.78, 5) is 15.8. The lowest BCUT2D eigenvalue weighted by molar-refractivity contribution is -0.149. The number of esters is 1. The second-order valence-corrected chi connectivity index (χ2v) is 8.80. The van der Waals surface area contributed by atoms with Gasteiger partial charge in [-0.2, -0.15) is 0 Å². The van der Waals surface area contributed by atoms with Crippen molar-refractivity contribution in [2.24, 2.45) is 5.92 Å². The van der Waals surface area contributed by atoms with Crippen molar-refractivity contribution in [2.45, 2.75) is 37.9 Å². The molecule has 4 unspecified atom stereocenters. The molecule has 0 amide bonds. The van der Waals surface area contributed by atoms with Crippen LogP contribution in [0.2, 0.25) is 0 Å². The van der Waals surface area contributed by atoms with Crippen LogP contribution in [0.1, 0.15) is 41.1 Å². The molecule has 0 spiro atoms. The molecule has 0 aromatic heterocycles. The summed E-state index contributed by atoms with van der Waals surface area (Å²) in [5.41, 5.74) is 4.33. The van der Waals surface area contributed by atoms with Crippen molar-refractivity contribution in [1.82, 2.24) is 4.90 Å². The number of rotatable bonds is 6. The Morgan fingerprint density at radius 2 is 1.79 bits per heavy atom. The van der Waals surface area contributed by atoms with Crippen LogP contribution < -0.4 is 4.74 Å². The third-order valence-electron chi connectivity index (χ3n) is 7.11. The predicted octanol–water partition coefficient (Wildman–Crippen LogP) is 4.85. The molecule has 33 heavy (non-hydrogen) atoms. The molecule has 170 valence electrons. The first-order valence-electron chi connectivity index (χ1n) is 11.5. The van der Waals surface area contributed by atoms with E-state index in [0.29, 0.717) is 25.3 Å². The minimum Gasteiger partial charge on any atom is -0.508 e. The number of nitrogens with zero attached hydrogens (tertiary/aromatic N) is 1. The van der Waals surface area contributed by atoms with Crippen LogP contribution >= 0.6 is 0 Å². The SMILES string of the molecule is CCOC(=O)C1C(c2ccccc2)C2c3cccc(O)c3CC1N2Cc1ccc(OC)cc1. The van der Waals surface area contributed by atoms with Gasteiger partial charge >= 0.3 is 5.97 Å². The second kappa shape index (κ2) is 8.91. The summed E-state index contributed by atoms with van der Waals surface area (Å²) in [7, 11) is 1.66. The van der Waals surface area contributed by atoms with Crippen LogP contribution in [0.5, 0.6) is 11.5 Å². The average molecular weight is 444 g/mol. The van der Waals surface area contributed by atoms with Gasteiger partial charge in [0.05, 0.1) is 19.6 Å². The van der Waals surface area contributed by atoms with E-state index in [1.165, 1.54) is 0 Å². The number of aromatic hydroxyl groups is 1. The van der Waals surface area contributed by atoms with Crippen molar-refractivity contribution in [3.8, 4) is 11.5 Å². The van der Waals surface area contributed by atoms with Crippen LogP contribution in [0.4, 0.5) is 0 Å². The van der Waals surface area contributed by atoms with Crippen LogP contribution in [0.25, 0.3) is 0 Å². The van der Waals surface area contributed by atoms with E-state index in [9.17, 15) is 9.90 Å². The highest BCUT2D eigenvalue weighted by atomic mass is 16.5. The lowest BCUT2D eigenvalue weighted by Gasteiger charge is -2.38. The van der Waals surface area contributed by atoms with E-state index >= 15 is 0 Å². The quantitative estimate of drug-likeness (QED) is 0.552. The van der Waals surface area contributed by atoms with Gasteiger partial charge in [-0.15, -0.1) is 0 Å². The number of phenols is 1. The molecule has 1 saturated heterocycles. The van der Waals surface area contributed by atoms with Crippen LogP contribution in [0.15, 0.2) is 72.8 Å². The Hall–Kier alpha value is -3.31. The van der Waals surface area contributed by atoms with Gasteiger partial charge in [0.25, 0.3) is 0 Å². The topological polar surface area (TPSA) is 59.0 Å². The normalized spacial score (nSPS) is 23.7. The minimum absolute atomic E-state index is 0.0373. The maximum absolute atomic E-state index is 13.4. The third kappa shape index (κ3) is 3.76. The molecule has 5 heteroatoms. The molecule has 3 aromatic carbocycles. The molecule has 2 aliphatic heterocycles. The third-order valence-corrected chi connectivity index (χ3v) is 7.11. The second-order valence-electron chi connectivity index (χ2n) is 8.80. The first-order chi connectivity index (χ1) is 16.1. The Morgan fingerprint density at radius 1 is 1.03 bits per heavy atom. The molecule has 4 atom stereocenters.